The van der Waals surface area contributed by atoms with Crippen molar-refractivity contribution in [2.24, 2.45) is 0 Å². The van der Waals surface area contributed by atoms with Crippen LogP contribution in [0.5, 0.6) is 5.75 Å². The first-order valence-electron chi connectivity index (χ1n) is 6.82. The van der Waals surface area contributed by atoms with Crippen molar-refractivity contribution in [3.8, 4) is 5.75 Å². The number of ether oxygens (including phenoxy) is 1. The number of benzene rings is 1. The maximum Gasteiger partial charge on any atom is 0.341 e. The Morgan fingerprint density at radius 2 is 2.18 bits per heavy atom. The number of rotatable bonds is 4. The summed E-state index contributed by atoms with van der Waals surface area (Å²) in [4.78, 5) is 23.3. The van der Waals surface area contributed by atoms with Gasteiger partial charge in [-0.05, 0) is 13.0 Å². The number of halogens is 2. The second kappa shape index (κ2) is 5.08. The summed E-state index contributed by atoms with van der Waals surface area (Å²) in [6.07, 6.45) is 0.247. The topological polar surface area (TPSA) is 68.5 Å². The fourth-order valence-electron chi connectivity index (χ4n) is 2.48. The Balaban J connectivity index is 2.34. The lowest BCUT2D eigenvalue weighted by molar-refractivity contribution is 0.0694. The van der Waals surface area contributed by atoms with Crippen molar-refractivity contribution in [3.63, 3.8) is 0 Å². The Bertz CT molecular complexity index is 830. The predicted octanol–water partition coefficient (Wildman–Crippen LogP) is 2.52. The van der Waals surface area contributed by atoms with Crippen LogP contribution in [0.25, 0.3) is 10.9 Å². The van der Waals surface area contributed by atoms with Gasteiger partial charge < -0.3 is 14.4 Å². The van der Waals surface area contributed by atoms with E-state index in [0.29, 0.717) is 0 Å². The van der Waals surface area contributed by atoms with Gasteiger partial charge in [0.25, 0.3) is 0 Å². The predicted molar refractivity (Wildman–Crippen MR) is 74.8 cm³/mol. The van der Waals surface area contributed by atoms with Gasteiger partial charge in [0.15, 0.2) is 11.6 Å². The summed E-state index contributed by atoms with van der Waals surface area (Å²) < 4.78 is 33.9. The summed E-state index contributed by atoms with van der Waals surface area (Å²) in [5.41, 5.74) is -1.03. The molecule has 7 heteroatoms. The molecule has 22 heavy (non-hydrogen) atoms. The molecule has 116 valence electrons. The largest absolute Gasteiger partial charge is 0.491 e. The van der Waals surface area contributed by atoms with Gasteiger partial charge in [-0.2, -0.15) is 0 Å². The third-order valence-electron chi connectivity index (χ3n) is 3.65. The van der Waals surface area contributed by atoms with E-state index in [2.05, 4.69) is 0 Å². The van der Waals surface area contributed by atoms with Crippen LogP contribution in [0.1, 0.15) is 29.7 Å². The molecule has 2 aromatic rings. The highest BCUT2D eigenvalue weighted by atomic mass is 19.1. The zero-order chi connectivity index (χ0) is 16.0. The van der Waals surface area contributed by atoms with Crippen LogP contribution in [0.3, 0.4) is 0 Å². The highest BCUT2D eigenvalue weighted by Gasteiger charge is 2.40. The third-order valence-corrected chi connectivity index (χ3v) is 3.65. The number of carbonyl (C=O) groups is 1. The molecule has 1 saturated carbocycles. The number of carboxylic acid groups (broad SMARTS) is 1. The summed E-state index contributed by atoms with van der Waals surface area (Å²) in [6.45, 7) is 1.91. The van der Waals surface area contributed by atoms with Gasteiger partial charge in [0.05, 0.1) is 18.2 Å². The Morgan fingerprint density at radius 1 is 1.50 bits per heavy atom. The Labute approximate surface area is 123 Å². The van der Waals surface area contributed by atoms with Crippen molar-refractivity contribution in [2.75, 3.05) is 6.61 Å². The molecule has 1 N–H and O–H groups in total. The summed E-state index contributed by atoms with van der Waals surface area (Å²) >= 11 is 0. The van der Waals surface area contributed by atoms with Crippen LogP contribution in [0.15, 0.2) is 23.1 Å². The molecular weight excluding hydrogens is 296 g/mol. The van der Waals surface area contributed by atoms with Crippen molar-refractivity contribution in [1.82, 2.24) is 4.57 Å². The Morgan fingerprint density at radius 3 is 2.73 bits per heavy atom. The van der Waals surface area contributed by atoms with E-state index in [1.807, 2.05) is 0 Å². The molecule has 0 spiro atoms. The van der Waals surface area contributed by atoms with Gasteiger partial charge in [-0.15, -0.1) is 0 Å². The quantitative estimate of drug-likeness (QED) is 0.942. The molecular formula is C15H13F2NO4. The Hall–Kier alpha value is -2.44. The van der Waals surface area contributed by atoms with E-state index in [9.17, 15) is 18.4 Å². The van der Waals surface area contributed by atoms with Crippen molar-refractivity contribution in [3.05, 3.63) is 39.9 Å². The molecule has 0 radical (unpaired) electrons. The molecule has 1 aliphatic rings. The van der Waals surface area contributed by atoms with Gasteiger partial charge in [0.2, 0.25) is 5.43 Å². The highest BCUT2D eigenvalue weighted by Crippen LogP contribution is 2.41. The minimum absolute atomic E-state index is 0.0534. The van der Waals surface area contributed by atoms with Gasteiger partial charge in [-0.3, -0.25) is 4.79 Å². The van der Waals surface area contributed by atoms with E-state index in [0.717, 1.165) is 12.3 Å². The van der Waals surface area contributed by atoms with Crippen LogP contribution in [-0.4, -0.2) is 28.4 Å². The SMILES string of the molecule is CCOc1cc2c(cc1F)c(=O)c(C(=O)O)cn2C1C[C@@H]1F. The molecule has 1 unspecified atom stereocenters. The number of pyridine rings is 1. The standard InChI is InChI=1S/C15H13F2NO4/c1-2-22-13-5-11-7(3-10(13)17)14(19)8(15(20)21)6-18(11)12-4-9(12)16/h3,5-6,9,12H,2,4H2,1H3,(H,20,21)/t9-,12?/m0/s1. The van der Waals surface area contributed by atoms with Crippen molar-refractivity contribution >= 4 is 16.9 Å². The minimum Gasteiger partial charge on any atom is -0.491 e. The van der Waals surface area contributed by atoms with Gasteiger partial charge in [0.1, 0.15) is 11.7 Å². The number of nitrogens with zero attached hydrogens (tertiary/aromatic N) is 1. The summed E-state index contributed by atoms with van der Waals surface area (Å²) in [7, 11) is 0. The van der Waals surface area contributed by atoms with Crippen molar-refractivity contribution < 1.29 is 23.4 Å². The molecule has 1 aromatic carbocycles. The number of alkyl halides is 1. The smallest absolute Gasteiger partial charge is 0.341 e. The molecule has 1 heterocycles. The number of hydrogen-bond donors (Lipinski definition) is 1. The second-order valence-corrected chi connectivity index (χ2v) is 5.14. The molecule has 0 amide bonds. The summed E-state index contributed by atoms with van der Waals surface area (Å²) in [5.74, 6) is -2.23. The maximum absolute atomic E-state index is 13.9. The van der Waals surface area contributed by atoms with Crippen LogP contribution < -0.4 is 10.2 Å². The highest BCUT2D eigenvalue weighted by molar-refractivity contribution is 5.93. The number of aromatic carboxylic acids is 1. The van der Waals surface area contributed by atoms with E-state index < -0.39 is 35.0 Å². The van der Waals surface area contributed by atoms with Gasteiger partial charge >= 0.3 is 5.97 Å². The van der Waals surface area contributed by atoms with Gasteiger partial charge in [-0.1, -0.05) is 0 Å². The molecule has 1 aliphatic carbocycles. The van der Waals surface area contributed by atoms with E-state index in [1.165, 1.54) is 10.6 Å². The average molecular weight is 309 g/mol. The fourth-order valence-corrected chi connectivity index (χ4v) is 2.48. The first kappa shape index (κ1) is 14.5. The van der Waals surface area contributed by atoms with E-state index in [-0.39, 0.29) is 29.7 Å². The van der Waals surface area contributed by atoms with E-state index >= 15 is 0 Å². The molecule has 5 nitrogen and oxygen atoms in total. The lowest BCUT2D eigenvalue weighted by atomic mass is 10.1. The van der Waals surface area contributed by atoms with E-state index in [4.69, 9.17) is 9.84 Å². The van der Waals surface area contributed by atoms with Crippen LogP contribution in [0.4, 0.5) is 8.78 Å². The second-order valence-electron chi connectivity index (χ2n) is 5.14. The molecule has 1 aromatic heterocycles. The first-order chi connectivity index (χ1) is 10.4. The lowest BCUT2D eigenvalue weighted by Gasteiger charge is -2.13. The third kappa shape index (κ3) is 2.22. The summed E-state index contributed by atoms with van der Waals surface area (Å²) in [5, 5.41) is 9.00. The fraction of sp³-hybridized carbons (Fsp3) is 0.333. The molecule has 0 saturated heterocycles. The maximum atomic E-state index is 13.9. The lowest BCUT2D eigenvalue weighted by Crippen LogP contribution is -2.19. The van der Waals surface area contributed by atoms with Crippen LogP contribution >= 0.6 is 0 Å². The zero-order valence-corrected chi connectivity index (χ0v) is 11.7. The minimum atomic E-state index is -1.42. The zero-order valence-electron chi connectivity index (χ0n) is 11.7. The van der Waals surface area contributed by atoms with Crippen molar-refractivity contribution in [2.45, 2.75) is 25.6 Å². The molecule has 1 fully saturated rings. The molecule has 3 rings (SSSR count). The van der Waals surface area contributed by atoms with Crippen LogP contribution in [-0.2, 0) is 0 Å². The Kier molecular flexibility index (Phi) is 3.35. The molecule has 2 atom stereocenters. The number of fused-ring (bicyclic) bond motifs is 1. The first-order valence-corrected chi connectivity index (χ1v) is 6.82. The van der Waals surface area contributed by atoms with Crippen LogP contribution in [0.2, 0.25) is 0 Å². The van der Waals surface area contributed by atoms with Crippen LogP contribution in [0, 0.1) is 5.82 Å². The van der Waals surface area contributed by atoms with Gasteiger partial charge in [0, 0.05) is 24.1 Å². The normalized spacial score (nSPS) is 20.1. The monoisotopic (exact) mass is 309 g/mol. The van der Waals surface area contributed by atoms with Gasteiger partial charge in [-0.25, -0.2) is 13.6 Å². The molecule has 0 bridgehead atoms. The summed E-state index contributed by atoms with van der Waals surface area (Å²) in [6, 6.07) is 1.72. The van der Waals surface area contributed by atoms with Crippen molar-refractivity contribution in [1.29, 1.82) is 0 Å². The number of carboxylic acids is 1. The average Bonchev–Trinajstić information content (AvgIpc) is 3.18. The number of hydrogen-bond acceptors (Lipinski definition) is 3. The number of aromatic nitrogens is 1. The van der Waals surface area contributed by atoms with E-state index in [1.54, 1.807) is 6.92 Å². The molecule has 0 aliphatic heterocycles.